The van der Waals surface area contributed by atoms with E-state index in [1.165, 1.54) is 30.4 Å². The summed E-state index contributed by atoms with van der Waals surface area (Å²) < 4.78 is 20.8. The van der Waals surface area contributed by atoms with Gasteiger partial charge in [0.25, 0.3) is 0 Å². The zero-order chi connectivity index (χ0) is 20.2. The molecule has 2 heterocycles. The molecule has 1 aliphatic carbocycles. The Morgan fingerprint density at radius 1 is 1.17 bits per heavy atom. The predicted molar refractivity (Wildman–Crippen MR) is 110 cm³/mol. The van der Waals surface area contributed by atoms with Crippen molar-refractivity contribution >= 4 is 0 Å². The van der Waals surface area contributed by atoms with Crippen LogP contribution in [0, 0.1) is 17.1 Å². The van der Waals surface area contributed by atoms with Crippen LogP contribution in [0.2, 0.25) is 0 Å². The predicted octanol–water partition coefficient (Wildman–Crippen LogP) is 3.69. The second kappa shape index (κ2) is 6.83. The van der Waals surface area contributed by atoms with E-state index >= 15 is 0 Å². The quantitative estimate of drug-likeness (QED) is 0.848. The lowest BCUT2D eigenvalue weighted by molar-refractivity contribution is 0.187. The largest absolute Gasteiger partial charge is 0.488 e. The van der Waals surface area contributed by atoms with E-state index in [0.29, 0.717) is 17.9 Å². The molecule has 1 unspecified atom stereocenters. The van der Waals surface area contributed by atoms with E-state index < -0.39 is 6.04 Å². The average Bonchev–Trinajstić information content (AvgIpc) is 3.07. The maximum atomic E-state index is 14.8. The van der Waals surface area contributed by atoms with Crippen molar-refractivity contribution in [2.75, 3.05) is 20.1 Å². The Balaban J connectivity index is 1.57. The number of rotatable bonds is 2. The van der Waals surface area contributed by atoms with E-state index in [2.05, 4.69) is 24.1 Å². The molecule has 1 atom stereocenters. The number of aryl methyl sites for hydroxylation is 1. The number of benzene rings is 2. The van der Waals surface area contributed by atoms with Crippen molar-refractivity contribution in [3.05, 3.63) is 52.3 Å². The summed E-state index contributed by atoms with van der Waals surface area (Å²) in [7, 11) is 2.20. The Hall–Kier alpha value is -2.42. The SMILES string of the molecule is CN1CCC2(CCc3cc4c(cc32)-c2cc(F)c(CC(N)C#N)cc2OC4)CC1. The number of ether oxygens (including phenoxy) is 1. The second-order valence-corrected chi connectivity index (χ2v) is 8.92. The summed E-state index contributed by atoms with van der Waals surface area (Å²) in [5.74, 6) is 0.370. The smallest absolute Gasteiger partial charge is 0.128 e. The Bertz CT molecular complexity index is 1020. The van der Waals surface area contributed by atoms with Gasteiger partial charge in [0, 0.05) is 12.0 Å². The zero-order valence-electron chi connectivity index (χ0n) is 16.8. The third-order valence-electron chi connectivity index (χ3n) is 7.15. The van der Waals surface area contributed by atoms with E-state index in [9.17, 15) is 4.39 Å². The van der Waals surface area contributed by atoms with Crippen LogP contribution in [-0.2, 0) is 24.9 Å². The van der Waals surface area contributed by atoms with Crippen LogP contribution in [0.5, 0.6) is 5.75 Å². The highest BCUT2D eigenvalue weighted by atomic mass is 19.1. The van der Waals surface area contributed by atoms with Gasteiger partial charge in [-0.1, -0.05) is 6.07 Å². The summed E-state index contributed by atoms with van der Waals surface area (Å²) >= 11 is 0. The van der Waals surface area contributed by atoms with E-state index in [1.807, 2.05) is 6.07 Å². The topological polar surface area (TPSA) is 62.3 Å². The number of nitrogens with zero attached hydrogens (tertiary/aromatic N) is 2. The Labute approximate surface area is 171 Å². The molecule has 1 spiro atoms. The fraction of sp³-hybridized carbons (Fsp3) is 0.458. The van der Waals surface area contributed by atoms with Gasteiger partial charge in [0.05, 0.1) is 12.1 Å². The molecule has 1 fully saturated rings. The van der Waals surface area contributed by atoms with Crippen molar-refractivity contribution in [1.29, 1.82) is 5.26 Å². The molecular formula is C24H26FN3O. The molecule has 1 saturated heterocycles. The lowest BCUT2D eigenvalue weighted by Gasteiger charge is -2.39. The van der Waals surface area contributed by atoms with Crippen LogP contribution in [0.1, 0.15) is 41.5 Å². The second-order valence-electron chi connectivity index (χ2n) is 8.92. The van der Waals surface area contributed by atoms with E-state index in [0.717, 1.165) is 36.2 Å². The number of fused-ring (bicyclic) bond motifs is 5. The van der Waals surface area contributed by atoms with Crippen LogP contribution in [0.3, 0.4) is 0 Å². The summed E-state index contributed by atoms with van der Waals surface area (Å²) in [4.78, 5) is 2.41. The molecule has 0 aromatic heterocycles. The summed E-state index contributed by atoms with van der Waals surface area (Å²) in [5, 5.41) is 8.95. The van der Waals surface area contributed by atoms with Gasteiger partial charge >= 0.3 is 0 Å². The number of nitrogens with two attached hydrogens (primary N) is 1. The minimum atomic E-state index is -0.717. The van der Waals surface area contributed by atoms with E-state index in [-0.39, 0.29) is 17.7 Å². The summed E-state index contributed by atoms with van der Waals surface area (Å²) in [6, 6.07) is 9.15. The van der Waals surface area contributed by atoms with Crippen LogP contribution >= 0.6 is 0 Å². The highest BCUT2D eigenvalue weighted by molar-refractivity contribution is 5.77. The normalized spacial score (nSPS) is 20.3. The number of hydrogen-bond acceptors (Lipinski definition) is 4. The Morgan fingerprint density at radius 2 is 1.97 bits per heavy atom. The van der Waals surface area contributed by atoms with Gasteiger partial charge in [-0.3, -0.25) is 0 Å². The van der Waals surface area contributed by atoms with Gasteiger partial charge in [-0.15, -0.1) is 0 Å². The molecule has 0 saturated carbocycles. The zero-order valence-corrected chi connectivity index (χ0v) is 16.8. The molecule has 2 aromatic rings. The van der Waals surface area contributed by atoms with Crippen molar-refractivity contribution in [3.8, 4) is 22.9 Å². The van der Waals surface area contributed by atoms with Crippen molar-refractivity contribution in [2.24, 2.45) is 5.73 Å². The monoisotopic (exact) mass is 391 g/mol. The molecule has 5 heteroatoms. The molecule has 29 heavy (non-hydrogen) atoms. The highest BCUT2D eigenvalue weighted by Gasteiger charge is 2.41. The molecule has 2 N–H and O–H groups in total. The lowest BCUT2D eigenvalue weighted by atomic mass is 9.73. The molecule has 5 rings (SSSR count). The summed E-state index contributed by atoms with van der Waals surface area (Å²) in [5.41, 5.74) is 12.4. The number of halogens is 1. The molecule has 2 aliphatic heterocycles. The van der Waals surface area contributed by atoms with Crippen molar-refractivity contribution in [3.63, 3.8) is 0 Å². The van der Waals surface area contributed by atoms with Gasteiger partial charge in [0.2, 0.25) is 0 Å². The van der Waals surface area contributed by atoms with Gasteiger partial charge in [-0.05, 0) is 97.3 Å². The fourth-order valence-corrected chi connectivity index (χ4v) is 5.36. The number of hydrogen-bond donors (Lipinski definition) is 1. The van der Waals surface area contributed by atoms with Gasteiger partial charge in [-0.2, -0.15) is 5.26 Å². The Kier molecular flexibility index (Phi) is 4.38. The molecule has 150 valence electrons. The average molecular weight is 391 g/mol. The van der Waals surface area contributed by atoms with Gasteiger partial charge < -0.3 is 15.4 Å². The lowest BCUT2D eigenvalue weighted by Crippen LogP contribution is -2.39. The van der Waals surface area contributed by atoms with Crippen LogP contribution < -0.4 is 10.5 Å². The minimum Gasteiger partial charge on any atom is -0.488 e. The fourth-order valence-electron chi connectivity index (χ4n) is 5.36. The third kappa shape index (κ3) is 3.02. The van der Waals surface area contributed by atoms with E-state index in [1.54, 1.807) is 12.1 Å². The van der Waals surface area contributed by atoms with E-state index in [4.69, 9.17) is 15.7 Å². The van der Waals surface area contributed by atoms with Crippen LogP contribution in [0.4, 0.5) is 4.39 Å². The van der Waals surface area contributed by atoms with Crippen molar-refractivity contribution in [1.82, 2.24) is 4.90 Å². The number of nitriles is 1. The first kappa shape index (κ1) is 18.6. The first-order chi connectivity index (χ1) is 14.0. The maximum absolute atomic E-state index is 14.8. The molecule has 0 bridgehead atoms. The molecule has 3 aliphatic rings. The molecule has 0 amide bonds. The molecule has 2 aromatic carbocycles. The molecule has 4 nitrogen and oxygen atoms in total. The van der Waals surface area contributed by atoms with Crippen LogP contribution in [0.15, 0.2) is 24.3 Å². The minimum absolute atomic E-state index is 0.187. The molecular weight excluding hydrogens is 365 g/mol. The number of piperidine rings is 1. The molecule has 0 radical (unpaired) electrons. The Morgan fingerprint density at radius 3 is 2.72 bits per heavy atom. The van der Waals surface area contributed by atoms with Crippen LogP contribution in [-0.4, -0.2) is 31.1 Å². The third-order valence-corrected chi connectivity index (χ3v) is 7.15. The van der Waals surface area contributed by atoms with Crippen LogP contribution in [0.25, 0.3) is 11.1 Å². The van der Waals surface area contributed by atoms with Gasteiger partial charge in [-0.25, -0.2) is 4.39 Å². The van der Waals surface area contributed by atoms with Gasteiger partial charge in [0.15, 0.2) is 0 Å². The summed E-state index contributed by atoms with van der Waals surface area (Å²) in [6.07, 6.45) is 4.91. The summed E-state index contributed by atoms with van der Waals surface area (Å²) in [6.45, 7) is 2.77. The van der Waals surface area contributed by atoms with Crippen molar-refractivity contribution < 1.29 is 9.13 Å². The van der Waals surface area contributed by atoms with Crippen molar-refractivity contribution in [2.45, 2.75) is 50.2 Å². The maximum Gasteiger partial charge on any atom is 0.128 e. The van der Waals surface area contributed by atoms with Gasteiger partial charge in [0.1, 0.15) is 18.2 Å². The first-order valence-corrected chi connectivity index (χ1v) is 10.4. The standard InChI is InChI=1S/C24H26FN3O/c1-28-6-4-24(5-7-28)3-2-15-8-17-14-29-23-10-16(9-18(27)13-26)22(25)12-20(23)19(17)11-21(15)24/h8,10-12,18H,2-7,9,14,27H2,1H3. The number of likely N-dealkylation sites (tertiary alicyclic amines) is 1. The highest BCUT2D eigenvalue weighted by Crippen LogP contribution is 2.50. The first-order valence-electron chi connectivity index (χ1n) is 10.4.